The summed E-state index contributed by atoms with van der Waals surface area (Å²) in [7, 11) is 0. The SMILES string of the molecule is CCCCCNc1nc(C)cc(C(=O)Nc2cccc(Br)c2)n1. The average molecular weight is 377 g/mol. The van der Waals surface area contributed by atoms with E-state index in [9.17, 15) is 4.79 Å². The maximum Gasteiger partial charge on any atom is 0.274 e. The number of benzene rings is 1. The van der Waals surface area contributed by atoms with Crippen LogP contribution in [0.2, 0.25) is 0 Å². The zero-order chi connectivity index (χ0) is 16.7. The van der Waals surface area contributed by atoms with Crippen molar-refractivity contribution in [3.8, 4) is 0 Å². The van der Waals surface area contributed by atoms with Crippen molar-refractivity contribution >= 4 is 33.5 Å². The van der Waals surface area contributed by atoms with Crippen LogP contribution in [0, 0.1) is 6.92 Å². The van der Waals surface area contributed by atoms with Gasteiger partial charge in [0.05, 0.1) is 0 Å². The van der Waals surface area contributed by atoms with Crippen molar-refractivity contribution in [1.29, 1.82) is 0 Å². The van der Waals surface area contributed by atoms with Gasteiger partial charge >= 0.3 is 0 Å². The van der Waals surface area contributed by atoms with Crippen LogP contribution in [0.15, 0.2) is 34.8 Å². The fourth-order valence-electron chi connectivity index (χ4n) is 2.10. The Hall–Kier alpha value is -1.95. The van der Waals surface area contributed by atoms with Gasteiger partial charge < -0.3 is 10.6 Å². The lowest BCUT2D eigenvalue weighted by atomic mass is 10.2. The Kier molecular flexibility index (Phi) is 6.52. The number of aromatic nitrogens is 2. The molecule has 0 bridgehead atoms. The lowest BCUT2D eigenvalue weighted by molar-refractivity contribution is 0.102. The van der Waals surface area contributed by atoms with Gasteiger partial charge in [-0.1, -0.05) is 41.8 Å². The van der Waals surface area contributed by atoms with Crippen molar-refractivity contribution in [3.63, 3.8) is 0 Å². The number of halogens is 1. The molecule has 2 aromatic rings. The minimum atomic E-state index is -0.245. The van der Waals surface area contributed by atoms with E-state index in [-0.39, 0.29) is 5.91 Å². The van der Waals surface area contributed by atoms with Crippen LogP contribution in [0.25, 0.3) is 0 Å². The topological polar surface area (TPSA) is 66.9 Å². The second-order valence-corrected chi connectivity index (χ2v) is 6.23. The van der Waals surface area contributed by atoms with E-state index in [1.807, 2.05) is 31.2 Å². The molecule has 6 heteroatoms. The highest BCUT2D eigenvalue weighted by molar-refractivity contribution is 9.10. The maximum absolute atomic E-state index is 12.4. The highest BCUT2D eigenvalue weighted by Gasteiger charge is 2.11. The van der Waals surface area contributed by atoms with Gasteiger partial charge in [-0.2, -0.15) is 0 Å². The molecule has 5 nitrogen and oxygen atoms in total. The van der Waals surface area contributed by atoms with Crippen molar-refractivity contribution in [2.75, 3.05) is 17.2 Å². The number of hydrogen-bond donors (Lipinski definition) is 2. The Morgan fingerprint density at radius 1 is 1.22 bits per heavy atom. The van der Waals surface area contributed by atoms with Crippen LogP contribution in [0.5, 0.6) is 0 Å². The lowest BCUT2D eigenvalue weighted by Gasteiger charge is -2.09. The monoisotopic (exact) mass is 376 g/mol. The van der Waals surface area contributed by atoms with Crippen molar-refractivity contribution in [3.05, 3.63) is 46.2 Å². The highest BCUT2D eigenvalue weighted by atomic mass is 79.9. The predicted molar refractivity (Wildman–Crippen MR) is 96.9 cm³/mol. The molecular formula is C17H21BrN4O. The third-order valence-electron chi connectivity index (χ3n) is 3.23. The third-order valence-corrected chi connectivity index (χ3v) is 3.73. The number of amides is 1. The van der Waals surface area contributed by atoms with E-state index < -0.39 is 0 Å². The average Bonchev–Trinajstić information content (AvgIpc) is 2.51. The molecule has 23 heavy (non-hydrogen) atoms. The van der Waals surface area contributed by atoms with E-state index in [0.29, 0.717) is 11.6 Å². The van der Waals surface area contributed by atoms with Crippen LogP contribution in [-0.2, 0) is 0 Å². The standard InChI is InChI=1S/C17H21BrN4O/c1-3-4-5-9-19-17-20-12(2)10-15(22-17)16(23)21-14-8-6-7-13(18)11-14/h6-8,10-11H,3-5,9H2,1-2H3,(H,21,23)(H,19,20,22). The van der Waals surface area contributed by atoms with Gasteiger partial charge in [-0.25, -0.2) is 9.97 Å². The number of rotatable bonds is 7. The zero-order valence-corrected chi connectivity index (χ0v) is 15.0. The largest absolute Gasteiger partial charge is 0.354 e. The summed E-state index contributed by atoms with van der Waals surface area (Å²) in [6, 6.07) is 9.13. The lowest BCUT2D eigenvalue weighted by Crippen LogP contribution is -2.16. The van der Waals surface area contributed by atoms with E-state index in [1.54, 1.807) is 6.07 Å². The Morgan fingerprint density at radius 2 is 2.04 bits per heavy atom. The van der Waals surface area contributed by atoms with Crippen LogP contribution < -0.4 is 10.6 Å². The summed E-state index contributed by atoms with van der Waals surface area (Å²) in [6.45, 7) is 4.83. The van der Waals surface area contributed by atoms with Gasteiger partial charge in [0.1, 0.15) is 5.69 Å². The van der Waals surface area contributed by atoms with E-state index in [4.69, 9.17) is 0 Å². The van der Waals surface area contributed by atoms with Gasteiger partial charge in [0.2, 0.25) is 5.95 Å². The second kappa shape index (κ2) is 8.62. The smallest absolute Gasteiger partial charge is 0.274 e. The molecule has 0 saturated heterocycles. The fraction of sp³-hybridized carbons (Fsp3) is 0.353. The quantitative estimate of drug-likeness (QED) is 0.702. The summed E-state index contributed by atoms with van der Waals surface area (Å²) in [5, 5.41) is 6.02. The van der Waals surface area contributed by atoms with Crippen molar-refractivity contribution in [2.45, 2.75) is 33.1 Å². The Bertz CT molecular complexity index is 675. The Labute approximate surface area is 145 Å². The molecular weight excluding hydrogens is 356 g/mol. The van der Waals surface area contributed by atoms with Gasteiger partial charge in [-0.3, -0.25) is 4.79 Å². The van der Waals surface area contributed by atoms with Crippen molar-refractivity contribution in [2.24, 2.45) is 0 Å². The molecule has 1 aromatic carbocycles. The third kappa shape index (κ3) is 5.63. The Morgan fingerprint density at radius 3 is 2.78 bits per heavy atom. The van der Waals surface area contributed by atoms with E-state index >= 15 is 0 Å². The van der Waals surface area contributed by atoms with Gasteiger partial charge in [-0.05, 0) is 37.6 Å². The first-order chi connectivity index (χ1) is 11.1. The normalized spacial score (nSPS) is 10.4. The Balaban J connectivity index is 2.06. The number of anilines is 2. The molecule has 0 spiro atoms. The van der Waals surface area contributed by atoms with Crippen LogP contribution in [-0.4, -0.2) is 22.4 Å². The first-order valence-corrected chi connectivity index (χ1v) is 8.54. The molecule has 0 aliphatic carbocycles. The molecule has 0 atom stereocenters. The van der Waals surface area contributed by atoms with Crippen LogP contribution >= 0.6 is 15.9 Å². The molecule has 0 aliphatic heterocycles. The van der Waals surface area contributed by atoms with Crippen LogP contribution in [0.1, 0.15) is 42.4 Å². The van der Waals surface area contributed by atoms with E-state index in [2.05, 4.69) is 43.5 Å². The summed E-state index contributed by atoms with van der Waals surface area (Å²) in [6.07, 6.45) is 3.39. The van der Waals surface area contributed by atoms with E-state index in [0.717, 1.165) is 41.7 Å². The summed E-state index contributed by atoms with van der Waals surface area (Å²) in [5.74, 6) is 0.255. The molecule has 2 rings (SSSR count). The maximum atomic E-state index is 12.4. The minimum absolute atomic E-state index is 0.245. The molecule has 2 N–H and O–H groups in total. The number of carbonyl (C=O) groups is 1. The fourth-order valence-corrected chi connectivity index (χ4v) is 2.50. The summed E-state index contributed by atoms with van der Waals surface area (Å²) in [4.78, 5) is 21.0. The molecule has 1 heterocycles. The summed E-state index contributed by atoms with van der Waals surface area (Å²) < 4.78 is 0.910. The molecule has 0 radical (unpaired) electrons. The van der Waals surface area contributed by atoms with Crippen LogP contribution in [0.3, 0.4) is 0 Å². The van der Waals surface area contributed by atoms with Gasteiger partial charge in [0.15, 0.2) is 0 Å². The minimum Gasteiger partial charge on any atom is -0.354 e. The molecule has 122 valence electrons. The number of nitrogens with zero attached hydrogens (tertiary/aromatic N) is 2. The number of carbonyl (C=O) groups excluding carboxylic acids is 1. The molecule has 0 saturated carbocycles. The second-order valence-electron chi connectivity index (χ2n) is 5.32. The number of aryl methyl sites for hydroxylation is 1. The molecule has 0 aliphatic rings. The summed E-state index contributed by atoms with van der Waals surface area (Å²) >= 11 is 3.39. The van der Waals surface area contributed by atoms with Gasteiger partial charge in [-0.15, -0.1) is 0 Å². The number of hydrogen-bond acceptors (Lipinski definition) is 4. The van der Waals surface area contributed by atoms with Gasteiger partial charge in [0.25, 0.3) is 5.91 Å². The highest BCUT2D eigenvalue weighted by Crippen LogP contribution is 2.16. The van der Waals surface area contributed by atoms with Crippen LogP contribution in [0.4, 0.5) is 11.6 Å². The molecule has 1 amide bonds. The van der Waals surface area contributed by atoms with Crippen molar-refractivity contribution in [1.82, 2.24) is 9.97 Å². The molecule has 0 fully saturated rings. The predicted octanol–water partition coefficient (Wildman–Crippen LogP) is 4.40. The zero-order valence-electron chi connectivity index (χ0n) is 13.4. The summed E-state index contributed by atoms with van der Waals surface area (Å²) in [5.41, 5.74) is 1.84. The van der Waals surface area contributed by atoms with Crippen molar-refractivity contribution < 1.29 is 4.79 Å². The number of nitrogens with one attached hydrogen (secondary N) is 2. The number of unbranched alkanes of at least 4 members (excludes halogenated alkanes) is 2. The van der Waals surface area contributed by atoms with Gasteiger partial charge in [0, 0.05) is 22.4 Å². The first-order valence-electron chi connectivity index (χ1n) is 7.75. The molecule has 0 unspecified atom stereocenters. The molecule has 1 aromatic heterocycles. The van der Waals surface area contributed by atoms with E-state index in [1.165, 1.54) is 0 Å². The first kappa shape index (κ1) is 17.4.